The molecule has 4 heteroatoms. The normalized spacial score (nSPS) is 16.8. The second kappa shape index (κ2) is 12.2. The molecule has 0 fully saturated rings. The molecule has 124 valence electrons. The predicted molar refractivity (Wildman–Crippen MR) is 92.1 cm³/mol. The average molecular weight is 315 g/mol. The Morgan fingerprint density at radius 2 is 1.33 bits per heavy atom. The number of hydrogen-bond donors (Lipinski definition) is 0. The van der Waals surface area contributed by atoms with Gasteiger partial charge in [-0.3, -0.25) is 4.57 Å². The van der Waals surface area contributed by atoms with E-state index in [2.05, 4.69) is 32.5 Å². The van der Waals surface area contributed by atoms with Crippen molar-refractivity contribution in [2.24, 2.45) is 16.6 Å². The highest BCUT2D eigenvalue weighted by molar-refractivity contribution is 7.62. The second-order valence-electron chi connectivity index (χ2n) is 6.24. The van der Waals surface area contributed by atoms with Crippen LogP contribution in [0.25, 0.3) is 0 Å². The fourth-order valence-electron chi connectivity index (χ4n) is 2.87. The van der Waals surface area contributed by atoms with E-state index in [1.54, 1.807) is 6.08 Å². The van der Waals surface area contributed by atoms with Crippen molar-refractivity contribution < 1.29 is 9.36 Å². The van der Waals surface area contributed by atoms with Gasteiger partial charge < -0.3 is 0 Å². The van der Waals surface area contributed by atoms with Gasteiger partial charge in [0, 0.05) is 12.3 Å². The molecule has 0 aromatic carbocycles. The van der Waals surface area contributed by atoms with Crippen LogP contribution in [-0.4, -0.2) is 18.4 Å². The van der Waals surface area contributed by atoms with Crippen LogP contribution in [-0.2, 0) is 9.36 Å². The molecular formula is C17H34NO2P. The lowest BCUT2D eigenvalue weighted by molar-refractivity contribution is 0.463. The molecule has 0 saturated carbocycles. The van der Waals surface area contributed by atoms with Crippen molar-refractivity contribution in [1.29, 1.82) is 0 Å². The predicted octanol–water partition coefficient (Wildman–Crippen LogP) is 6.03. The highest BCUT2D eigenvalue weighted by Crippen LogP contribution is 2.52. The number of isocyanates is 1. The summed E-state index contributed by atoms with van der Waals surface area (Å²) in [6.45, 7) is 8.63. The quantitative estimate of drug-likeness (QED) is 0.236. The zero-order valence-electron chi connectivity index (χ0n) is 14.4. The van der Waals surface area contributed by atoms with Crippen molar-refractivity contribution in [1.82, 2.24) is 0 Å². The van der Waals surface area contributed by atoms with Crippen LogP contribution in [0.1, 0.15) is 79.1 Å². The molecule has 0 aliphatic carbocycles. The van der Waals surface area contributed by atoms with Crippen molar-refractivity contribution in [2.75, 3.05) is 12.3 Å². The van der Waals surface area contributed by atoms with Gasteiger partial charge in [-0.1, -0.05) is 66.2 Å². The molecule has 3 nitrogen and oxygen atoms in total. The Bertz CT molecular complexity index is 329. The van der Waals surface area contributed by atoms with E-state index < -0.39 is 7.29 Å². The Balaban J connectivity index is 4.79. The highest BCUT2D eigenvalue weighted by Gasteiger charge is 2.28. The van der Waals surface area contributed by atoms with Gasteiger partial charge in [0.25, 0.3) is 0 Å². The minimum Gasteiger partial charge on any atom is -0.298 e. The van der Waals surface area contributed by atoms with E-state index in [1.807, 2.05) is 0 Å². The Morgan fingerprint density at radius 1 is 0.905 bits per heavy atom. The van der Waals surface area contributed by atoms with Crippen LogP contribution in [0.2, 0.25) is 0 Å². The third kappa shape index (κ3) is 9.27. The number of rotatable bonds is 13. The summed E-state index contributed by atoms with van der Waals surface area (Å²) < 4.78 is 16.8. The Hall–Kier alpha value is -0.390. The number of nitrogens with zero attached hydrogens (tertiary/aromatic N) is 1. The molecule has 0 N–H and O–H groups in total. The van der Waals surface area contributed by atoms with E-state index in [0.717, 1.165) is 51.4 Å². The number of unbranched alkanes of at least 4 members (excludes halogenated alkanes) is 2. The van der Waals surface area contributed by atoms with Crippen molar-refractivity contribution in [3.8, 4) is 0 Å². The number of hydrogen-bond acceptors (Lipinski definition) is 2. The van der Waals surface area contributed by atoms with Crippen LogP contribution in [0.5, 0.6) is 0 Å². The van der Waals surface area contributed by atoms with Gasteiger partial charge in [-0.05, 0) is 24.7 Å². The molecule has 2 atom stereocenters. The summed E-state index contributed by atoms with van der Waals surface area (Å²) >= 11 is 0. The molecule has 0 amide bonds. The summed E-state index contributed by atoms with van der Waals surface area (Å²) in [5, 5.41) is 0. The molecule has 0 aliphatic heterocycles. The van der Waals surface area contributed by atoms with Gasteiger partial charge in [-0.25, -0.2) is 4.79 Å². The van der Waals surface area contributed by atoms with Crippen LogP contribution in [0.3, 0.4) is 0 Å². The molecule has 0 aliphatic rings. The maximum absolute atomic E-state index is 13.0. The lowest BCUT2D eigenvalue weighted by Gasteiger charge is -2.23. The molecular weight excluding hydrogens is 281 g/mol. The molecule has 0 spiro atoms. The summed E-state index contributed by atoms with van der Waals surface area (Å²) in [6.07, 6.45) is 11.7. The standard InChI is InChI=1S/C17H34NO2P/c1-5-9-11-16(7-3)13-21(20,18-15-19)14-17(8-4)12-10-6-2/h16-17H,5-14H2,1-4H3. The fraction of sp³-hybridized carbons (Fsp3) is 0.941. The zero-order chi connectivity index (χ0) is 16.1. The second-order valence-corrected chi connectivity index (χ2v) is 8.86. The van der Waals surface area contributed by atoms with Crippen molar-refractivity contribution >= 4 is 13.4 Å². The SMILES string of the molecule is CCCCC(CC)CP(=O)(CC(CC)CCCC)N=C=O. The monoisotopic (exact) mass is 315 g/mol. The molecule has 2 unspecified atom stereocenters. The summed E-state index contributed by atoms with van der Waals surface area (Å²) in [5.74, 6) is 0.855. The topological polar surface area (TPSA) is 46.5 Å². The first-order valence-electron chi connectivity index (χ1n) is 8.72. The Kier molecular flexibility index (Phi) is 12.0. The molecule has 0 bridgehead atoms. The van der Waals surface area contributed by atoms with Gasteiger partial charge in [0.05, 0.1) is 0 Å². The first-order chi connectivity index (χ1) is 10.0. The first-order valence-corrected chi connectivity index (χ1v) is 10.8. The Labute approximate surface area is 131 Å². The lowest BCUT2D eigenvalue weighted by Crippen LogP contribution is -2.12. The summed E-state index contributed by atoms with van der Waals surface area (Å²) in [5.41, 5.74) is 0. The van der Waals surface area contributed by atoms with E-state index in [4.69, 9.17) is 0 Å². The molecule has 0 heterocycles. The van der Waals surface area contributed by atoms with E-state index in [-0.39, 0.29) is 0 Å². The first kappa shape index (κ1) is 20.6. The average Bonchev–Trinajstić information content (AvgIpc) is 2.48. The summed E-state index contributed by atoms with van der Waals surface area (Å²) in [6, 6.07) is 0. The molecule has 0 aromatic heterocycles. The number of carbonyl (C=O) groups excluding carboxylic acids is 1. The van der Waals surface area contributed by atoms with Gasteiger partial charge in [-0.2, -0.15) is 0 Å². The van der Waals surface area contributed by atoms with Crippen LogP contribution in [0.15, 0.2) is 4.76 Å². The molecule has 21 heavy (non-hydrogen) atoms. The maximum atomic E-state index is 13.0. The van der Waals surface area contributed by atoms with Crippen molar-refractivity contribution in [2.45, 2.75) is 79.1 Å². The van der Waals surface area contributed by atoms with Crippen molar-refractivity contribution in [3.05, 3.63) is 0 Å². The fourth-order valence-corrected chi connectivity index (χ4v) is 5.83. The summed E-state index contributed by atoms with van der Waals surface area (Å²) in [7, 11) is -2.74. The molecule has 0 radical (unpaired) electrons. The Morgan fingerprint density at radius 3 is 1.62 bits per heavy atom. The van der Waals surface area contributed by atoms with E-state index in [0.29, 0.717) is 24.2 Å². The molecule has 0 rings (SSSR count). The minimum absolute atomic E-state index is 0.427. The maximum Gasteiger partial charge on any atom is 0.241 e. The third-order valence-corrected chi connectivity index (χ3v) is 7.02. The smallest absolute Gasteiger partial charge is 0.241 e. The van der Waals surface area contributed by atoms with Crippen LogP contribution >= 0.6 is 7.29 Å². The van der Waals surface area contributed by atoms with E-state index >= 15 is 0 Å². The lowest BCUT2D eigenvalue weighted by atomic mass is 10.0. The van der Waals surface area contributed by atoms with Gasteiger partial charge in [0.15, 0.2) is 0 Å². The van der Waals surface area contributed by atoms with E-state index in [1.165, 1.54) is 0 Å². The molecule has 0 aromatic rings. The summed E-state index contributed by atoms with van der Waals surface area (Å²) in [4.78, 5) is 10.7. The highest BCUT2D eigenvalue weighted by atomic mass is 31.2. The van der Waals surface area contributed by atoms with Gasteiger partial charge >= 0.3 is 0 Å². The van der Waals surface area contributed by atoms with Crippen LogP contribution in [0.4, 0.5) is 0 Å². The minimum atomic E-state index is -2.74. The third-order valence-electron chi connectivity index (χ3n) is 4.40. The van der Waals surface area contributed by atoms with E-state index in [9.17, 15) is 9.36 Å². The van der Waals surface area contributed by atoms with Crippen LogP contribution < -0.4 is 0 Å². The molecule has 0 saturated heterocycles. The van der Waals surface area contributed by atoms with Gasteiger partial charge in [0.1, 0.15) is 0 Å². The van der Waals surface area contributed by atoms with Crippen LogP contribution in [0, 0.1) is 11.8 Å². The van der Waals surface area contributed by atoms with Crippen molar-refractivity contribution in [3.63, 3.8) is 0 Å². The van der Waals surface area contributed by atoms with Gasteiger partial charge in [0.2, 0.25) is 13.4 Å². The zero-order valence-corrected chi connectivity index (χ0v) is 15.3. The van der Waals surface area contributed by atoms with Gasteiger partial charge in [-0.15, -0.1) is 4.76 Å². The largest absolute Gasteiger partial charge is 0.298 e.